The summed E-state index contributed by atoms with van der Waals surface area (Å²) < 4.78 is 24.3. The van der Waals surface area contributed by atoms with Crippen molar-refractivity contribution in [1.82, 2.24) is 0 Å². The van der Waals surface area contributed by atoms with Crippen molar-refractivity contribution in [2.45, 2.75) is 33.6 Å². The van der Waals surface area contributed by atoms with Crippen LogP contribution in [0.25, 0.3) is 55.4 Å². The maximum atomic E-state index is 15.6. The molecule has 0 bridgehead atoms. The lowest BCUT2D eigenvalue weighted by molar-refractivity contribution is -0.660. The summed E-state index contributed by atoms with van der Waals surface area (Å²) in [6.07, 6.45) is 2.10. The molecule has 0 aliphatic heterocycles. The standard InChI is InChI=1S/C35H31FNO/c1-21(2)25-17-18-37(5)31(20-25)32-23(4)11-14-28-29-15-16-30(36)33(35(29)38-34(28)32)27-8-6-7-26(19-27)24-12-9-22(3)10-13-24/h6-21H,1-5H3/q+1. The van der Waals surface area contributed by atoms with Crippen molar-refractivity contribution in [1.29, 1.82) is 0 Å². The summed E-state index contributed by atoms with van der Waals surface area (Å²) in [4.78, 5) is 0. The maximum absolute atomic E-state index is 15.6. The molecule has 0 radical (unpaired) electrons. The van der Waals surface area contributed by atoms with Crippen LogP contribution in [0.5, 0.6) is 0 Å². The molecule has 6 aromatic rings. The molecule has 4 aromatic carbocycles. The second-order valence-corrected chi connectivity index (χ2v) is 10.6. The molecule has 0 atom stereocenters. The van der Waals surface area contributed by atoms with E-state index in [4.69, 9.17) is 4.42 Å². The quantitative estimate of drug-likeness (QED) is 0.220. The van der Waals surface area contributed by atoms with Gasteiger partial charge in [0.25, 0.3) is 0 Å². The Bertz CT molecular complexity index is 1830. The number of rotatable bonds is 4. The number of furan rings is 1. The fourth-order valence-electron chi connectivity index (χ4n) is 5.36. The number of nitrogens with zero attached hydrogens (tertiary/aromatic N) is 1. The zero-order chi connectivity index (χ0) is 26.6. The average Bonchev–Trinajstić information content (AvgIpc) is 3.28. The fourth-order valence-corrected chi connectivity index (χ4v) is 5.36. The van der Waals surface area contributed by atoms with Gasteiger partial charge in [0.15, 0.2) is 6.20 Å². The first-order valence-electron chi connectivity index (χ1n) is 13.1. The molecule has 2 nitrogen and oxygen atoms in total. The van der Waals surface area contributed by atoms with E-state index in [1.54, 1.807) is 6.07 Å². The normalized spacial score (nSPS) is 11.7. The van der Waals surface area contributed by atoms with Crippen LogP contribution in [0, 0.1) is 19.7 Å². The molecular weight excluding hydrogens is 469 g/mol. The van der Waals surface area contributed by atoms with Crippen LogP contribution >= 0.6 is 0 Å². The molecule has 2 aromatic heterocycles. The van der Waals surface area contributed by atoms with Crippen molar-refractivity contribution in [2.24, 2.45) is 7.05 Å². The van der Waals surface area contributed by atoms with Gasteiger partial charge in [-0.05, 0) is 65.8 Å². The summed E-state index contributed by atoms with van der Waals surface area (Å²) >= 11 is 0. The monoisotopic (exact) mass is 500 g/mol. The molecule has 38 heavy (non-hydrogen) atoms. The maximum Gasteiger partial charge on any atom is 0.216 e. The summed E-state index contributed by atoms with van der Waals surface area (Å²) in [6, 6.07) is 28.5. The van der Waals surface area contributed by atoms with Crippen LogP contribution in [-0.4, -0.2) is 0 Å². The molecule has 6 rings (SSSR count). The highest BCUT2D eigenvalue weighted by Gasteiger charge is 2.24. The third-order valence-electron chi connectivity index (χ3n) is 7.60. The number of halogens is 1. The van der Waals surface area contributed by atoms with Crippen LogP contribution in [0.3, 0.4) is 0 Å². The van der Waals surface area contributed by atoms with Gasteiger partial charge in [0.1, 0.15) is 24.0 Å². The van der Waals surface area contributed by atoms with Gasteiger partial charge in [-0.25, -0.2) is 8.96 Å². The number of benzene rings is 4. The highest BCUT2D eigenvalue weighted by Crippen LogP contribution is 2.42. The van der Waals surface area contributed by atoms with Gasteiger partial charge in [-0.3, -0.25) is 0 Å². The van der Waals surface area contributed by atoms with E-state index < -0.39 is 0 Å². The van der Waals surface area contributed by atoms with Gasteiger partial charge in [0, 0.05) is 22.9 Å². The summed E-state index contributed by atoms with van der Waals surface area (Å²) in [5.74, 6) is 0.120. The fraction of sp³-hybridized carbons (Fsp3) is 0.171. The van der Waals surface area contributed by atoms with Crippen LogP contribution in [-0.2, 0) is 7.05 Å². The van der Waals surface area contributed by atoms with Gasteiger partial charge >= 0.3 is 0 Å². The Labute approximate surface area is 223 Å². The molecule has 0 aliphatic carbocycles. The van der Waals surface area contributed by atoms with E-state index in [9.17, 15) is 0 Å². The Morgan fingerprint density at radius 1 is 0.711 bits per heavy atom. The van der Waals surface area contributed by atoms with Crippen molar-refractivity contribution in [3.8, 4) is 33.5 Å². The smallest absolute Gasteiger partial charge is 0.216 e. The van der Waals surface area contributed by atoms with Crippen LogP contribution < -0.4 is 4.57 Å². The summed E-state index contributed by atoms with van der Waals surface area (Å²) in [7, 11) is 2.06. The first kappa shape index (κ1) is 24.1. The highest BCUT2D eigenvalue weighted by atomic mass is 19.1. The number of hydrogen-bond acceptors (Lipinski definition) is 1. The van der Waals surface area contributed by atoms with Crippen molar-refractivity contribution in [2.75, 3.05) is 0 Å². The molecule has 0 fully saturated rings. The topological polar surface area (TPSA) is 17.0 Å². The summed E-state index contributed by atoms with van der Waals surface area (Å²) in [5, 5.41) is 1.91. The minimum atomic E-state index is -0.289. The van der Waals surface area contributed by atoms with Gasteiger partial charge in [0.2, 0.25) is 5.69 Å². The number of hydrogen-bond donors (Lipinski definition) is 0. The minimum absolute atomic E-state index is 0.289. The Morgan fingerprint density at radius 2 is 1.39 bits per heavy atom. The Hall–Kier alpha value is -4.24. The third-order valence-corrected chi connectivity index (χ3v) is 7.60. The van der Waals surface area contributed by atoms with Gasteiger partial charge in [-0.1, -0.05) is 74.0 Å². The van der Waals surface area contributed by atoms with E-state index >= 15 is 4.39 Å². The predicted molar refractivity (Wildman–Crippen MR) is 155 cm³/mol. The molecule has 0 aliphatic rings. The molecule has 2 heterocycles. The minimum Gasteiger partial charge on any atom is -0.454 e. The van der Waals surface area contributed by atoms with Crippen LogP contribution in [0.15, 0.2) is 95.5 Å². The molecule has 188 valence electrons. The van der Waals surface area contributed by atoms with E-state index in [0.717, 1.165) is 49.9 Å². The van der Waals surface area contributed by atoms with E-state index in [2.05, 4.69) is 100 Å². The lowest BCUT2D eigenvalue weighted by Gasteiger charge is -2.09. The molecular formula is C35H31FNO+. The van der Waals surface area contributed by atoms with Crippen LogP contribution in [0.1, 0.15) is 36.5 Å². The summed E-state index contributed by atoms with van der Waals surface area (Å²) in [5.41, 5.74) is 10.5. The van der Waals surface area contributed by atoms with Crippen molar-refractivity contribution < 1.29 is 13.4 Å². The molecule has 0 saturated heterocycles. The van der Waals surface area contributed by atoms with Crippen molar-refractivity contribution >= 4 is 21.9 Å². The lowest BCUT2D eigenvalue weighted by atomic mass is 9.95. The zero-order valence-corrected chi connectivity index (χ0v) is 22.5. The second-order valence-electron chi connectivity index (χ2n) is 10.6. The van der Waals surface area contributed by atoms with E-state index in [0.29, 0.717) is 17.1 Å². The van der Waals surface area contributed by atoms with Gasteiger partial charge in [-0.2, -0.15) is 0 Å². The molecule has 0 spiro atoms. The first-order valence-corrected chi connectivity index (χ1v) is 13.1. The Balaban J connectivity index is 1.61. The second kappa shape index (κ2) is 9.25. The molecule has 0 amide bonds. The van der Waals surface area contributed by atoms with Crippen molar-refractivity contribution in [3.05, 3.63) is 114 Å². The molecule has 0 N–H and O–H groups in total. The van der Waals surface area contributed by atoms with Crippen LogP contribution in [0.4, 0.5) is 4.39 Å². The van der Waals surface area contributed by atoms with E-state index in [1.165, 1.54) is 11.1 Å². The van der Waals surface area contributed by atoms with E-state index in [1.807, 2.05) is 24.3 Å². The van der Waals surface area contributed by atoms with Crippen LogP contribution in [0.2, 0.25) is 0 Å². The predicted octanol–water partition coefficient (Wildman–Crippen LogP) is 9.29. The SMILES string of the molecule is Cc1ccc(-c2cccc(-c3c(F)ccc4c3oc3c(-c5cc(C(C)C)cc[n+]5C)c(C)ccc34)c2)cc1. The highest BCUT2D eigenvalue weighted by molar-refractivity contribution is 6.13. The summed E-state index contributed by atoms with van der Waals surface area (Å²) in [6.45, 7) is 8.59. The Kier molecular flexibility index (Phi) is 5.87. The molecule has 3 heteroatoms. The number of pyridine rings is 1. The Morgan fingerprint density at radius 3 is 2.13 bits per heavy atom. The van der Waals surface area contributed by atoms with Gasteiger partial charge in [-0.15, -0.1) is 0 Å². The number of aryl methyl sites for hydroxylation is 3. The number of fused-ring (bicyclic) bond motifs is 3. The lowest BCUT2D eigenvalue weighted by Crippen LogP contribution is -2.31. The van der Waals surface area contributed by atoms with Gasteiger partial charge < -0.3 is 4.42 Å². The first-order chi connectivity index (χ1) is 18.3. The molecule has 0 saturated carbocycles. The number of aromatic nitrogens is 1. The van der Waals surface area contributed by atoms with E-state index in [-0.39, 0.29) is 5.82 Å². The van der Waals surface area contributed by atoms with Crippen molar-refractivity contribution in [3.63, 3.8) is 0 Å². The average molecular weight is 501 g/mol. The van der Waals surface area contributed by atoms with Gasteiger partial charge in [0.05, 0.1) is 11.1 Å². The largest absolute Gasteiger partial charge is 0.454 e. The zero-order valence-electron chi connectivity index (χ0n) is 22.5. The third kappa shape index (κ3) is 3.99. The molecule has 0 unspecified atom stereocenters.